The molecule has 3 amide bonds. The lowest BCUT2D eigenvalue weighted by molar-refractivity contribution is -0.0502. The Morgan fingerprint density at radius 1 is 1.16 bits per heavy atom. The number of alkyl carbamates (subject to hydrolysis) is 1. The van der Waals surface area contributed by atoms with E-state index in [4.69, 9.17) is 16.3 Å². The fraction of sp³-hybridized carbons (Fsp3) is 0.227. The largest absolute Gasteiger partial charge is 0.497 e. The maximum absolute atomic E-state index is 13.3. The van der Waals surface area contributed by atoms with E-state index < -0.39 is 12.1 Å². The van der Waals surface area contributed by atoms with Crippen molar-refractivity contribution >= 4 is 40.5 Å². The van der Waals surface area contributed by atoms with Crippen LogP contribution >= 0.6 is 11.6 Å². The van der Waals surface area contributed by atoms with Crippen molar-refractivity contribution in [1.82, 2.24) is 14.9 Å². The van der Waals surface area contributed by atoms with Crippen LogP contribution in [0.15, 0.2) is 42.5 Å². The van der Waals surface area contributed by atoms with Crippen molar-refractivity contribution in [2.24, 2.45) is 0 Å². The second-order valence-corrected chi connectivity index (χ2v) is 7.24. The van der Waals surface area contributed by atoms with Crippen LogP contribution in [-0.4, -0.2) is 46.6 Å². The van der Waals surface area contributed by atoms with Gasteiger partial charge in [0, 0.05) is 27.2 Å². The van der Waals surface area contributed by atoms with Gasteiger partial charge in [0.25, 0.3) is 5.91 Å². The number of urea groups is 1. The molecule has 0 bridgehead atoms. The Labute approximate surface area is 189 Å². The van der Waals surface area contributed by atoms with Crippen LogP contribution in [0, 0.1) is 6.92 Å². The van der Waals surface area contributed by atoms with Gasteiger partial charge in [-0.05, 0) is 56.3 Å². The molecule has 32 heavy (non-hydrogen) atoms. The summed E-state index contributed by atoms with van der Waals surface area (Å²) in [7, 11) is 1.51. The highest BCUT2D eigenvalue weighted by Gasteiger charge is 2.24. The molecule has 10 heteroatoms. The lowest BCUT2D eigenvalue weighted by Gasteiger charge is -2.15. The lowest BCUT2D eigenvalue weighted by atomic mass is 10.1. The van der Waals surface area contributed by atoms with Crippen LogP contribution in [0.5, 0.6) is 5.75 Å². The second kappa shape index (κ2) is 9.71. The van der Waals surface area contributed by atoms with E-state index in [1.807, 2.05) is 5.32 Å². The molecule has 0 aliphatic rings. The van der Waals surface area contributed by atoms with Crippen LogP contribution in [0.3, 0.4) is 0 Å². The first-order valence-electron chi connectivity index (χ1n) is 9.69. The van der Waals surface area contributed by atoms with Crippen molar-refractivity contribution in [1.29, 1.82) is 0 Å². The van der Waals surface area contributed by atoms with E-state index >= 15 is 0 Å². The Kier molecular flexibility index (Phi) is 7.01. The highest BCUT2D eigenvalue weighted by molar-refractivity contribution is 6.30. The van der Waals surface area contributed by atoms with Gasteiger partial charge in [0.2, 0.25) is 0 Å². The number of carbonyl (C=O) groups is 3. The second-order valence-electron chi connectivity index (χ2n) is 6.80. The third-order valence-electron chi connectivity index (χ3n) is 4.86. The van der Waals surface area contributed by atoms with Crippen molar-refractivity contribution in [2.75, 3.05) is 13.7 Å². The number of halogens is 1. The maximum Gasteiger partial charge on any atom is 0.415 e. The number of nitrogens with one attached hydrogen (secondary N) is 1. The van der Waals surface area contributed by atoms with Gasteiger partial charge in [0.15, 0.2) is 0 Å². The molecule has 168 valence electrons. The minimum Gasteiger partial charge on any atom is -0.497 e. The van der Waals surface area contributed by atoms with E-state index in [-0.39, 0.29) is 19.1 Å². The summed E-state index contributed by atoms with van der Waals surface area (Å²) in [4.78, 5) is 36.9. The number of imide groups is 1. The van der Waals surface area contributed by atoms with Gasteiger partial charge >= 0.3 is 12.1 Å². The van der Waals surface area contributed by atoms with E-state index in [9.17, 15) is 19.6 Å². The number of aromatic nitrogens is 1. The van der Waals surface area contributed by atoms with E-state index in [2.05, 4.69) is 4.74 Å². The highest BCUT2D eigenvalue weighted by atomic mass is 35.5. The third kappa shape index (κ3) is 4.68. The summed E-state index contributed by atoms with van der Waals surface area (Å²) in [6.07, 6.45) is -0.977. The van der Waals surface area contributed by atoms with Gasteiger partial charge in [-0.1, -0.05) is 11.6 Å². The molecule has 0 aliphatic carbocycles. The number of methoxy groups -OCH3 is 1. The molecule has 9 nitrogen and oxygen atoms in total. The minimum absolute atomic E-state index is 0.0732. The number of benzene rings is 2. The SMILES string of the molecule is CCOC(=O)NC(=O)N(O)Cc1c(C)n(C(=O)c2ccc(Cl)cc2)c2ccc(OC)cc12. The molecule has 0 spiro atoms. The smallest absolute Gasteiger partial charge is 0.415 e. The number of rotatable bonds is 5. The Bertz CT molecular complexity index is 1170. The topological polar surface area (TPSA) is 110 Å². The van der Waals surface area contributed by atoms with Crippen LogP contribution in [0.1, 0.15) is 28.5 Å². The summed E-state index contributed by atoms with van der Waals surface area (Å²) in [5, 5.41) is 13.6. The molecule has 0 aliphatic heterocycles. The molecule has 1 heterocycles. The Morgan fingerprint density at radius 2 is 1.84 bits per heavy atom. The first-order valence-corrected chi connectivity index (χ1v) is 10.1. The molecule has 3 rings (SSSR count). The lowest BCUT2D eigenvalue weighted by Crippen LogP contribution is -2.41. The summed E-state index contributed by atoms with van der Waals surface area (Å²) < 4.78 is 11.4. The summed E-state index contributed by atoms with van der Waals surface area (Å²) in [6.45, 7) is 3.07. The van der Waals surface area contributed by atoms with Gasteiger partial charge in [-0.3, -0.25) is 14.6 Å². The number of fused-ring (bicyclic) bond motifs is 1. The van der Waals surface area contributed by atoms with Crippen molar-refractivity contribution in [2.45, 2.75) is 20.4 Å². The molecule has 2 aromatic carbocycles. The molecular formula is C22H22ClN3O6. The molecule has 0 unspecified atom stereocenters. The van der Waals surface area contributed by atoms with E-state index in [0.29, 0.717) is 43.6 Å². The number of nitrogens with zero attached hydrogens (tertiary/aromatic N) is 2. The van der Waals surface area contributed by atoms with Gasteiger partial charge in [-0.2, -0.15) is 0 Å². The number of hydrogen-bond acceptors (Lipinski definition) is 6. The maximum atomic E-state index is 13.3. The fourth-order valence-electron chi connectivity index (χ4n) is 3.31. The Balaban J connectivity index is 2.03. The number of hydroxylamine groups is 2. The molecular weight excluding hydrogens is 438 g/mol. The molecule has 0 atom stereocenters. The zero-order valence-corrected chi connectivity index (χ0v) is 18.5. The highest BCUT2D eigenvalue weighted by Crippen LogP contribution is 2.31. The van der Waals surface area contributed by atoms with Crippen molar-refractivity contribution in [3.63, 3.8) is 0 Å². The van der Waals surface area contributed by atoms with E-state index in [0.717, 1.165) is 0 Å². The number of ether oxygens (including phenoxy) is 2. The van der Waals surface area contributed by atoms with Gasteiger partial charge in [-0.25, -0.2) is 20.0 Å². The van der Waals surface area contributed by atoms with Gasteiger partial charge in [0.05, 0.1) is 25.8 Å². The third-order valence-corrected chi connectivity index (χ3v) is 5.11. The summed E-state index contributed by atoms with van der Waals surface area (Å²) in [6, 6.07) is 10.6. The number of amides is 3. The van der Waals surface area contributed by atoms with Crippen molar-refractivity contribution in [3.05, 3.63) is 64.3 Å². The average Bonchev–Trinajstić information content (AvgIpc) is 3.04. The molecule has 2 N–H and O–H groups in total. The number of hydrogen-bond donors (Lipinski definition) is 2. The van der Waals surface area contributed by atoms with Crippen LogP contribution < -0.4 is 10.1 Å². The molecule has 1 aromatic heterocycles. The van der Waals surface area contributed by atoms with E-state index in [1.165, 1.54) is 11.7 Å². The van der Waals surface area contributed by atoms with E-state index in [1.54, 1.807) is 56.3 Å². The summed E-state index contributed by atoms with van der Waals surface area (Å²) >= 11 is 5.93. The predicted octanol–water partition coefficient (Wildman–Crippen LogP) is 4.36. The van der Waals surface area contributed by atoms with Crippen LogP contribution in [0.2, 0.25) is 5.02 Å². The Hall–Kier alpha value is -3.56. The quantitative estimate of drug-likeness (QED) is 0.433. The average molecular weight is 460 g/mol. The summed E-state index contributed by atoms with van der Waals surface area (Å²) in [5.74, 6) is 0.233. The molecule has 0 radical (unpaired) electrons. The van der Waals surface area contributed by atoms with Gasteiger partial charge in [0.1, 0.15) is 5.75 Å². The Morgan fingerprint density at radius 3 is 2.47 bits per heavy atom. The first kappa shape index (κ1) is 23.1. The number of carbonyl (C=O) groups excluding carboxylic acids is 3. The molecule has 0 fully saturated rings. The van der Waals surface area contributed by atoms with Crippen LogP contribution in [-0.2, 0) is 11.3 Å². The molecule has 0 saturated heterocycles. The monoisotopic (exact) mass is 459 g/mol. The molecule has 0 saturated carbocycles. The summed E-state index contributed by atoms with van der Waals surface area (Å²) in [5.41, 5.74) is 1.99. The van der Waals surface area contributed by atoms with Crippen molar-refractivity contribution < 1.29 is 29.1 Å². The normalized spacial score (nSPS) is 10.7. The zero-order chi connectivity index (χ0) is 23.4. The predicted molar refractivity (Wildman–Crippen MR) is 117 cm³/mol. The van der Waals surface area contributed by atoms with Gasteiger partial charge < -0.3 is 9.47 Å². The van der Waals surface area contributed by atoms with Crippen LogP contribution in [0.4, 0.5) is 9.59 Å². The van der Waals surface area contributed by atoms with Crippen LogP contribution in [0.25, 0.3) is 10.9 Å². The minimum atomic E-state index is -1.06. The zero-order valence-electron chi connectivity index (χ0n) is 17.7. The standard InChI is InChI=1S/C22H22ClN3O6/c1-4-32-22(29)24-21(28)25(30)12-18-13(2)26(19-10-9-16(31-3)11-17(18)19)20(27)14-5-7-15(23)8-6-14/h5-11,30H,4,12H2,1-3H3,(H,24,28,29). The molecule has 3 aromatic rings. The first-order chi connectivity index (χ1) is 15.3. The van der Waals surface area contributed by atoms with Crippen molar-refractivity contribution in [3.8, 4) is 5.75 Å². The fourth-order valence-corrected chi connectivity index (χ4v) is 3.44. The van der Waals surface area contributed by atoms with Gasteiger partial charge in [-0.15, -0.1) is 0 Å².